The van der Waals surface area contributed by atoms with Crippen LogP contribution in [0, 0.1) is 6.92 Å². The van der Waals surface area contributed by atoms with Crippen molar-refractivity contribution in [3.8, 4) is 11.1 Å². The topological polar surface area (TPSA) is 71.8 Å². The average molecular weight is 269 g/mol. The Hall–Kier alpha value is -2.43. The van der Waals surface area contributed by atoms with Gasteiger partial charge in [0.2, 0.25) is 0 Å². The lowest BCUT2D eigenvalue weighted by Crippen LogP contribution is -1.96. The summed E-state index contributed by atoms with van der Waals surface area (Å²) in [6.45, 7) is 3.47. The minimum absolute atomic E-state index is 0.153. The molecule has 3 rings (SSSR count). The number of imidazole rings is 1. The Morgan fingerprint density at radius 2 is 2.25 bits per heavy atom. The lowest BCUT2D eigenvalue weighted by atomic mass is 10.0. The van der Waals surface area contributed by atoms with Crippen LogP contribution in [0.5, 0.6) is 0 Å². The number of H-pyrrole nitrogens is 1. The van der Waals surface area contributed by atoms with Crippen LogP contribution in [-0.2, 0) is 11.2 Å². The zero-order valence-corrected chi connectivity index (χ0v) is 11.4. The van der Waals surface area contributed by atoms with Gasteiger partial charge in [-0.1, -0.05) is 11.2 Å². The summed E-state index contributed by atoms with van der Waals surface area (Å²) in [5.74, 6) is 0.919. The monoisotopic (exact) mass is 269 g/mol. The van der Waals surface area contributed by atoms with Crippen LogP contribution in [0.2, 0.25) is 0 Å². The molecule has 5 heteroatoms. The minimum Gasteiger partial charge on any atom is -0.361 e. The first kappa shape index (κ1) is 12.6. The lowest BCUT2D eigenvalue weighted by molar-refractivity contribution is -0.116. The number of rotatable bonds is 4. The van der Waals surface area contributed by atoms with Crippen LogP contribution in [0.25, 0.3) is 22.2 Å². The summed E-state index contributed by atoms with van der Waals surface area (Å²) in [5, 5.41) is 4.08. The maximum absolute atomic E-state index is 11.1. The second-order valence-electron chi connectivity index (χ2n) is 4.90. The second kappa shape index (κ2) is 4.92. The Morgan fingerprint density at radius 3 is 3.05 bits per heavy atom. The molecule has 20 heavy (non-hydrogen) atoms. The number of aromatic amines is 1. The quantitative estimate of drug-likeness (QED) is 0.790. The van der Waals surface area contributed by atoms with Crippen molar-refractivity contribution >= 4 is 16.8 Å². The summed E-state index contributed by atoms with van der Waals surface area (Å²) in [4.78, 5) is 18.4. The highest BCUT2D eigenvalue weighted by atomic mass is 16.5. The number of hydrogen-bond acceptors (Lipinski definition) is 4. The van der Waals surface area contributed by atoms with E-state index in [1.807, 2.05) is 25.1 Å². The zero-order valence-electron chi connectivity index (χ0n) is 11.4. The fourth-order valence-electron chi connectivity index (χ4n) is 2.34. The van der Waals surface area contributed by atoms with E-state index in [0.29, 0.717) is 12.8 Å². The minimum atomic E-state index is 0.153. The molecule has 0 atom stereocenters. The summed E-state index contributed by atoms with van der Waals surface area (Å²) >= 11 is 0. The van der Waals surface area contributed by atoms with Gasteiger partial charge in [-0.3, -0.25) is 0 Å². The van der Waals surface area contributed by atoms with Gasteiger partial charge in [-0.15, -0.1) is 0 Å². The highest BCUT2D eigenvalue weighted by Crippen LogP contribution is 2.29. The Labute approximate surface area is 116 Å². The van der Waals surface area contributed by atoms with Crippen LogP contribution in [0.3, 0.4) is 0 Å². The normalized spacial score (nSPS) is 11.1. The van der Waals surface area contributed by atoms with Gasteiger partial charge in [0.15, 0.2) is 0 Å². The molecule has 0 fully saturated rings. The third kappa shape index (κ3) is 2.22. The van der Waals surface area contributed by atoms with E-state index >= 15 is 0 Å². The predicted molar refractivity (Wildman–Crippen MR) is 75.3 cm³/mol. The van der Waals surface area contributed by atoms with Crippen molar-refractivity contribution in [3.05, 3.63) is 36.0 Å². The van der Waals surface area contributed by atoms with Crippen molar-refractivity contribution in [2.75, 3.05) is 0 Å². The molecule has 0 radical (unpaired) electrons. The number of benzene rings is 1. The van der Waals surface area contributed by atoms with E-state index < -0.39 is 0 Å². The number of nitrogens with zero attached hydrogens (tertiary/aromatic N) is 2. The molecule has 0 aliphatic rings. The van der Waals surface area contributed by atoms with Gasteiger partial charge in [-0.05, 0) is 31.5 Å². The van der Waals surface area contributed by atoms with Gasteiger partial charge in [-0.2, -0.15) is 0 Å². The molecule has 0 spiro atoms. The molecule has 1 N–H and O–H groups in total. The Balaban J connectivity index is 2.03. The van der Waals surface area contributed by atoms with Gasteiger partial charge >= 0.3 is 0 Å². The van der Waals surface area contributed by atoms with Crippen molar-refractivity contribution in [3.63, 3.8) is 0 Å². The number of nitrogens with one attached hydrogen (secondary N) is 1. The van der Waals surface area contributed by atoms with E-state index in [-0.39, 0.29) is 5.78 Å². The molecule has 0 unspecified atom stereocenters. The van der Waals surface area contributed by atoms with Gasteiger partial charge in [0.05, 0.1) is 23.1 Å². The fraction of sp³-hybridized carbons (Fsp3) is 0.267. The van der Waals surface area contributed by atoms with Crippen molar-refractivity contribution in [2.24, 2.45) is 0 Å². The molecule has 3 aromatic rings. The van der Waals surface area contributed by atoms with Crippen molar-refractivity contribution in [1.82, 2.24) is 15.1 Å². The highest BCUT2D eigenvalue weighted by molar-refractivity contribution is 5.83. The SMILES string of the molecule is CC(=O)CCc1noc(C)c1-c1ccc2nc[nH]c2c1. The average Bonchev–Trinajstić information content (AvgIpc) is 3.01. The Morgan fingerprint density at radius 1 is 1.40 bits per heavy atom. The Kier molecular flexibility index (Phi) is 3.10. The van der Waals surface area contributed by atoms with Crippen LogP contribution in [-0.4, -0.2) is 20.9 Å². The molecule has 102 valence electrons. The molecule has 5 nitrogen and oxygen atoms in total. The molecule has 0 aliphatic carbocycles. The van der Waals surface area contributed by atoms with Crippen LogP contribution in [0.4, 0.5) is 0 Å². The summed E-state index contributed by atoms with van der Waals surface area (Å²) in [7, 11) is 0. The van der Waals surface area contributed by atoms with E-state index in [4.69, 9.17) is 4.52 Å². The summed E-state index contributed by atoms with van der Waals surface area (Å²) in [5.41, 5.74) is 4.73. The number of aryl methyl sites for hydroxylation is 2. The molecule has 0 bridgehead atoms. The van der Waals surface area contributed by atoms with Gasteiger partial charge in [0, 0.05) is 18.4 Å². The number of fused-ring (bicyclic) bond motifs is 1. The van der Waals surface area contributed by atoms with Crippen LogP contribution < -0.4 is 0 Å². The first-order valence-corrected chi connectivity index (χ1v) is 6.53. The molecule has 0 saturated heterocycles. The third-order valence-electron chi connectivity index (χ3n) is 3.36. The molecular weight excluding hydrogens is 254 g/mol. The number of carbonyl (C=O) groups is 1. The first-order valence-electron chi connectivity index (χ1n) is 6.53. The zero-order chi connectivity index (χ0) is 14.1. The van der Waals surface area contributed by atoms with Gasteiger partial charge in [0.1, 0.15) is 11.5 Å². The predicted octanol–water partition coefficient (Wildman–Crippen LogP) is 3.05. The maximum atomic E-state index is 11.1. The molecule has 2 heterocycles. The van der Waals surface area contributed by atoms with Crippen LogP contribution in [0.15, 0.2) is 29.0 Å². The number of ketones is 1. The number of hydrogen-bond donors (Lipinski definition) is 1. The molecule has 1 aromatic carbocycles. The smallest absolute Gasteiger partial charge is 0.141 e. The van der Waals surface area contributed by atoms with Gasteiger partial charge in [0.25, 0.3) is 0 Å². The standard InChI is InChI=1S/C15H15N3O2/c1-9(19)3-5-13-15(10(2)20-18-13)11-4-6-12-14(7-11)17-8-16-12/h4,6-8H,3,5H2,1-2H3,(H,16,17). The number of carbonyl (C=O) groups excluding carboxylic acids is 1. The largest absolute Gasteiger partial charge is 0.361 e. The van der Waals surface area contributed by atoms with E-state index in [9.17, 15) is 4.79 Å². The Bertz CT molecular complexity index is 770. The van der Waals surface area contributed by atoms with Crippen molar-refractivity contribution in [1.29, 1.82) is 0 Å². The summed E-state index contributed by atoms with van der Waals surface area (Å²) in [6, 6.07) is 5.99. The van der Waals surface area contributed by atoms with E-state index in [1.165, 1.54) is 0 Å². The maximum Gasteiger partial charge on any atom is 0.141 e. The van der Waals surface area contributed by atoms with E-state index in [1.54, 1.807) is 13.3 Å². The molecule has 0 aliphatic heterocycles. The first-order chi connectivity index (χ1) is 9.65. The van der Waals surface area contributed by atoms with E-state index in [2.05, 4.69) is 15.1 Å². The molecule has 0 amide bonds. The highest BCUT2D eigenvalue weighted by Gasteiger charge is 2.15. The summed E-state index contributed by atoms with van der Waals surface area (Å²) < 4.78 is 5.29. The van der Waals surface area contributed by atoms with Crippen LogP contribution in [0.1, 0.15) is 24.8 Å². The molecular formula is C15H15N3O2. The molecule has 0 saturated carbocycles. The van der Waals surface area contributed by atoms with Gasteiger partial charge < -0.3 is 14.3 Å². The lowest BCUT2D eigenvalue weighted by Gasteiger charge is -2.02. The fourth-order valence-corrected chi connectivity index (χ4v) is 2.34. The number of Topliss-reactive ketones (excluding diaryl/α,β-unsaturated/α-hetero) is 1. The second-order valence-corrected chi connectivity index (χ2v) is 4.90. The molecule has 2 aromatic heterocycles. The van der Waals surface area contributed by atoms with Gasteiger partial charge in [-0.25, -0.2) is 4.98 Å². The van der Waals surface area contributed by atoms with Crippen LogP contribution >= 0.6 is 0 Å². The van der Waals surface area contributed by atoms with Crippen molar-refractivity contribution < 1.29 is 9.32 Å². The van der Waals surface area contributed by atoms with E-state index in [0.717, 1.165) is 33.6 Å². The number of aromatic nitrogens is 3. The summed E-state index contributed by atoms with van der Waals surface area (Å²) in [6.07, 6.45) is 2.75. The van der Waals surface area contributed by atoms with Crippen molar-refractivity contribution in [2.45, 2.75) is 26.7 Å². The third-order valence-corrected chi connectivity index (χ3v) is 3.36.